The van der Waals surface area contributed by atoms with E-state index >= 15 is 0 Å². The largest absolute Gasteiger partial charge is 0.379 e. The zero-order valence-corrected chi connectivity index (χ0v) is 10.5. The molecule has 18 heavy (non-hydrogen) atoms. The highest BCUT2D eigenvalue weighted by molar-refractivity contribution is 5.80. The lowest BCUT2D eigenvalue weighted by Gasteiger charge is -2.06. The van der Waals surface area contributed by atoms with Gasteiger partial charge in [0.05, 0.1) is 32.8 Å². The van der Waals surface area contributed by atoms with Crippen LogP contribution in [-0.2, 0) is 19.1 Å². The molecule has 0 aromatic heterocycles. The van der Waals surface area contributed by atoms with Gasteiger partial charge in [-0.3, -0.25) is 9.59 Å². The molecule has 0 unspecified atom stereocenters. The third-order valence-electron chi connectivity index (χ3n) is 1.95. The molecule has 0 radical (unpaired) electrons. The Kier molecular flexibility index (Phi) is 11.3. The first-order chi connectivity index (χ1) is 8.70. The minimum absolute atomic E-state index is 0.0761. The van der Waals surface area contributed by atoms with Gasteiger partial charge in [0.15, 0.2) is 0 Å². The van der Waals surface area contributed by atoms with Gasteiger partial charge in [0, 0.05) is 19.5 Å². The van der Waals surface area contributed by atoms with E-state index in [2.05, 4.69) is 17.0 Å². The van der Waals surface area contributed by atoms with E-state index in [9.17, 15) is 9.59 Å². The standard InChI is InChI=1S/C11H21N3O4/c1-13-10(15)3-6-17-8-9-18-7-5-14-11(16)2-4-12/h1-9,12H2,(H,14,16). The smallest absolute Gasteiger partial charge is 0.247 e. The Bertz CT molecular complexity index is 259. The summed E-state index contributed by atoms with van der Waals surface area (Å²) in [6.45, 7) is 5.48. The molecule has 0 saturated heterocycles. The number of rotatable bonds is 11. The molecular weight excluding hydrogens is 238 g/mol. The average Bonchev–Trinajstić information content (AvgIpc) is 2.36. The van der Waals surface area contributed by atoms with E-state index < -0.39 is 0 Å². The van der Waals surface area contributed by atoms with Crippen molar-refractivity contribution in [2.45, 2.75) is 12.8 Å². The first-order valence-corrected chi connectivity index (χ1v) is 5.82. The molecule has 0 rings (SSSR count). The van der Waals surface area contributed by atoms with Gasteiger partial charge >= 0.3 is 0 Å². The molecule has 0 saturated carbocycles. The van der Waals surface area contributed by atoms with Crippen LogP contribution in [0.25, 0.3) is 0 Å². The number of nitrogens with two attached hydrogens (primary N) is 1. The lowest BCUT2D eigenvalue weighted by atomic mass is 10.4. The second kappa shape index (κ2) is 12.2. The van der Waals surface area contributed by atoms with Crippen LogP contribution < -0.4 is 11.1 Å². The van der Waals surface area contributed by atoms with Crippen molar-refractivity contribution < 1.29 is 19.1 Å². The highest BCUT2D eigenvalue weighted by atomic mass is 16.5. The van der Waals surface area contributed by atoms with Crippen LogP contribution in [0.1, 0.15) is 12.8 Å². The molecule has 0 aliphatic rings. The van der Waals surface area contributed by atoms with Gasteiger partial charge in [0.1, 0.15) is 0 Å². The van der Waals surface area contributed by atoms with Gasteiger partial charge in [-0.15, -0.1) is 0 Å². The number of carbonyl (C=O) groups excluding carboxylic acids is 2. The number of aliphatic imine (C=N–C) groups is 1. The van der Waals surface area contributed by atoms with Crippen molar-refractivity contribution in [3.63, 3.8) is 0 Å². The van der Waals surface area contributed by atoms with Crippen molar-refractivity contribution in [2.75, 3.05) is 39.5 Å². The van der Waals surface area contributed by atoms with Crippen molar-refractivity contribution in [3.05, 3.63) is 0 Å². The maximum Gasteiger partial charge on any atom is 0.247 e. The van der Waals surface area contributed by atoms with Crippen LogP contribution >= 0.6 is 0 Å². The number of nitrogens with one attached hydrogen (secondary N) is 1. The van der Waals surface area contributed by atoms with E-state index in [-0.39, 0.29) is 18.2 Å². The fraction of sp³-hybridized carbons (Fsp3) is 0.727. The van der Waals surface area contributed by atoms with Gasteiger partial charge < -0.3 is 20.5 Å². The SMILES string of the molecule is C=NC(=O)CCOCCOCCNC(=O)CCN. The molecule has 0 spiro atoms. The van der Waals surface area contributed by atoms with Gasteiger partial charge in [-0.25, -0.2) is 4.99 Å². The Labute approximate surface area is 107 Å². The van der Waals surface area contributed by atoms with Crippen LogP contribution in [0.4, 0.5) is 0 Å². The molecule has 0 atom stereocenters. The summed E-state index contributed by atoms with van der Waals surface area (Å²) in [7, 11) is 0. The van der Waals surface area contributed by atoms with Gasteiger partial charge in [0.25, 0.3) is 0 Å². The molecule has 3 N–H and O–H groups in total. The van der Waals surface area contributed by atoms with Crippen LogP contribution in [0.3, 0.4) is 0 Å². The number of ether oxygens (including phenoxy) is 2. The first kappa shape index (κ1) is 16.7. The van der Waals surface area contributed by atoms with Gasteiger partial charge in [-0.05, 0) is 6.72 Å². The predicted octanol–water partition coefficient (Wildman–Crippen LogP) is -0.898. The van der Waals surface area contributed by atoms with Crippen LogP contribution in [0.5, 0.6) is 0 Å². The molecule has 7 nitrogen and oxygen atoms in total. The first-order valence-electron chi connectivity index (χ1n) is 5.82. The van der Waals surface area contributed by atoms with E-state index in [0.29, 0.717) is 45.9 Å². The van der Waals surface area contributed by atoms with Gasteiger partial charge in [-0.1, -0.05) is 0 Å². The Morgan fingerprint density at radius 2 is 1.78 bits per heavy atom. The van der Waals surface area contributed by atoms with Crippen molar-refractivity contribution in [1.82, 2.24) is 5.32 Å². The van der Waals surface area contributed by atoms with Crippen LogP contribution in [0.2, 0.25) is 0 Å². The molecule has 0 fully saturated rings. The van der Waals surface area contributed by atoms with E-state index in [1.807, 2.05) is 0 Å². The maximum atomic E-state index is 11.0. The summed E-state index contributed by atoms with van der Waals surface area (Å²) in [5.41, 5.74) is 5.22. The minimum atomic E-state index is -0.279. The third kappa shape index (κ3) is 11.2. The zero-order chi connectivity index (χ0) is 13.6. The molecule has 0 aliphatic heterocycles. The molecule has 104 valence electrons. The van der Waals surface area contributed by atoms with Gasteiger partial charge in [-0.2, -0.15) is 0 Å². The van der Waals surface area contributed by atoms with Crippen molar-refractivity contribution in [1.29, 1.82) is 0 Å². The topological polar surface area (TPSA) is 103 Å². The molecule has 0 aromatic carbocycles. The van der Waals surface area contributed by atoms with Crippen molar-refractivity contribution >= 4 is 18.5 Å². The number of carbonyl (C=O) groups is 2. The second-order valence-corrected chi connectivity index (χ2v) is 3.42. The highest BCUT2D eigenvalue weighted by Crippen LogP contribution is 1.86. The van der Waals surface area contributed by atoms with E-state index in [1.54, 1.807) is 0 Å². The average molecular weight is 259 g/mol. The Morgan fingerprint density at radius 3 is 2.39 bits per heavy atom. The lowest BCUT2D eigenvalue weighted by Crippen LogP contribution is -2.29. The number of nitrogens with zero attached hydrogens (tertiary/aromatic N) is 1. The van der Waals surface area contributed by atoms with Gasteiger partial charge in [0.2, 0.25) is 11.8 Å². The fourth-order valence-corrected chi connectivity index (χ4v) is 1.04. The molecule has 7 heteroatoms. The molecular formula is C11H21N3O4. The minimum Gasteiger partial charge on any atom is -0.379 e. The van der Waals surface area contributed by atoms with Crippen LogP contribution in [0.15, 0.2) is 4.99 Å². The summed E-state index contributed by atoms with van der Waals surface area (Å²) in [4.78, 5) is 24.9. The Balaban J connectivity index is 3.14. The molecule has 0 aromatic rings. The fourth-order valence-electron chi connectivity index (χ4n) is 1.04. The highest BCUT2D eigenvalue weighted by Gasteiger charge is 1.98. The Morgan fingerprint density at radius 1 is 1.11 bits per heavy atom. The Hall–Kier alpha value is -1.31. The number of hydrogen-bond acceptors (Lipinski definition) is 5. The van der Waals surface area contributed by atoms with E-state index in [0.717, 1.165) is 0 Å². The van der Waals surface area contributed by atoms with Crippen LogP contribution in [0, 0.1) is 0 Å². The monoisotopic (exact) mass is 259 g/mol. The summed E-state index contributed by atoms with van der Waals surface area (Å²) >= 11 is 0. The summed E-state index contributed by atoms with van der Waals surface area (Å²) in [6.07, 6.45) is 0.563. The zero-order valence-electron chi connectivity index (χ0n) is 10.5. The van der Waals surface area contributed by atoms with Crippen molar-refractivity contribution in [2.24, 2.45) is 10.7 Å². The molecule has 0 aliphatic carbocycles. The normalized spacial score (nSPS) is 10.1. The maximum absolute atomic E-state index is 11.0. The van der Waals surface area contributed by atoms with Crippen molar-refractivity contribution in [3.8, 4) is 0 Å². The van der Waals surface area contributed by atoms with E-state index in [1.165, 1.54) is 0 Å². The van der Waals surface area contributed by atoms with Crippen LogP contribution in [-0.4, -0.2) is 58.0 Å². The summed E-state index contributed by atoms with van der Waals surface area (Å²) in [5, 5.41) is 2.66. The molecule has 0 heterocycles. The lowest BCUT2D eigenvalue weighted by molar-refractivity contribution is -0.121. The second-order valence-electron chi connectivity index (χ2n) is 3.42. The molecule has 2 amide bonds. The summed E-state index contributed by atoms with van der Waals surface area (Å²) in [6, 6.07) is 0. The summed E-state index contributed by atoms with van der Waals surface area (Å²) in [5.74, 6) is -0.355. The molecule has 0 bridgehead atoms. The number of hydrogen-bond donors (Lipinski definition) is 2. The third-order valence-corrected chi connectivity index (χ3v) is 1.95. The summed E-state index contributed by atoms with van der Waals surface area (Å²) < 4.78 is 10.3. The number of amides is 2. The predicted molar refractivity (Wildman–Crippen MR) is 67.5 cm³/mol. The van der Waals surface area contributed by atoms with E-state index in [4.69, 9.17) is 15.2 Å². The quantitative estimate of drug-likeness (QED) is 0.370.